The first-order chi connectivity index (χ1) is 24.5. The van der Waals surface area contributed by atoms with Crippen molar-refractivity contribution in [3.63, 3.8) is 0 Å². The molecule has 0 aliphatic carbocycles. The van der Waals surface area contributed by atoms with Crippen LogP contribution in [-0.2, 0) is 36.8 Å². The van der Waals surface area contributed by atoms with Crippen LogP contribution in [0.15, 0.2) is 78.9 Å². The van der Waals surface area contributed by atoms with E-state index in [1.54, 1.807) is 43.2 Å². The summed E-state index contributed by atoms with van der Waals surface area (Å²) in [6, 6.07) is 20.3. The van der Waals surface area contributed by atoms with E-state index in [2.05, 4.69) is 21.3 Å². The maximum atomic E-state index is 14.1. The van der Waals surface area contributed by atoms with Gasteiger partial charge in [-0.2, -0.15) is 0 Å². The zero-order valence-corrected chi connectivity index (χ0v) is 29.1. The van der Waals surface area contributed by atoms with Crippen molar-refractivity contribution in [3.8, 4) is 17.2 Å². The van der Waals surface area contributed by atoms with Gasteiger partial charge in [-0.15, -0.1) is 0 Å². The van der Waals surface area contributed by atoms with Crippen LogP contribution in [0.3, 0.4) is 0 Å². The van der Waals surface area contributed by atoms with E-state index in [9.17, 15) is 24.0 Å². The van der Waals surface area contributed by atoms with Gasteiger partial charge in [0.2, 0.25) is 23.6 Å². The number of amides is 5. The topological polar surface area (TPSA) is 164 Å². The van der Waals surface area contributed by atoms with Gasteiger partial charge in [-0.05, 0) is 61.4 Å². The Morgan fingerprint density at radius 1 is 0.804 bits per heavy atom. The summed E-state index contributed by atoms with van der Waals surface area (Å²) in [6.45, 7) is 3.94. The fourth-order valence-corrected chi connectivity index (χ4v) is 6.02. The van der Waals surface area contributed by atoms with E-state index in [0.717, 1.165) is 11.1 Å². The summed E-state index contributed by atoms with van der Waals surface area (Å²) in [5.41, 5.74) is 0.212. The normalized spacial score (nSPS) is 21.6. The van der Waals surface area contributed by atoms with Gasteiger partial charge in [0.1, 0.15) is 42.0 Å². The minimum absolute atomic E-state index is 0.0899. The second-order valence-electron chi connectivity index (χ2n) is 12.8. The molecule has 3 aliphatic heterocycles. The highest BCUT2D eigenvalue weighted by Crippen LogP contribution is 2.31. The van der Waals surface area contributed by atoms with Gasteiger partial charge in [-0.1, -0.05) is 42.5 Å². The minimum Gasteiger partial charge on any atom is -0.497 e. The monoisotopic (exact) mass is 699 g/mol. The van der Waals surface area contributed by atoms with Crippen molar-refractivity contribution in [2.45, 2.75) is 63.3 Å². The van der Waals surface area contributed by atoms with Gasteiger partial charge in [-0.3, -0.25) is 24.0 Å². The van der Waals surface area contributed by atoms with E-state index in [1.165, 1.54) is 6.92 Å². The number of hydrogen-bond acceptors (Lipinski definition) is 8. The molecule has 1 saturated heterocycles. The summed E-state index contributed by atoms with van der Waals surface area (Å²) in [5.74, 6) is -0.567. The van der Waals surface area contributed by atoms with Gasteiger partial charge >= 0.3 is 0 Å². The highest BCUT2D eigenvalue weighted by molar-refractivity contribution is 5.95. The minimum atomic E-state index is -1.40. The van der Waals surface area contributed by atoms with Crippen LogP contribution in [0.4, 0.5) is 0 Å². The summed E-state index contributed by atoms with van der Waals surface area (Å²) in [5, 5.41) is 11.0. The molecule has 0 aromatic heterocycles. The fourth-order valence-electron chi connectivity index (χ4n) is 6.02. The second-order valence-corrected chi connectivity index (χ2v) is 12.8. The maximum Gasteiger partial charge on any atom is 0.264 e. The van der Waals surface area contributed by atoms with Crippen LogP contribution in [0.1, 0.15) is 37.8 Å². The SMILES string of the molecule is COc1cccc(CC(=O)N2CCC3(CC2)Oc2ccc(cc2)OCCNC(=O)[C@H](C)NC(=O)[C@H](Cc2ccccc2)NC(=O)[C@H](C)NC3=O)c1. The third kappa shape index (κ3) is 9.77. The van der Waals surface area contributed by atoms with Crippen molar-refractivity contribution in [2.24, 2.45) is 0 Å². The number of nitrogens with one attached hydrogen (secondary N) is 4. The quantitative estimate of drug-likeness (QED) is 0.294. The Morgan fingerprint density at radius 2 is 1.47 bits per heavy atom. The van der Waals surface area contributed by atoms with Gasteiger partial charge in [0.05, 0.1) is 20.1 Å². The molecule has 51 heavy (non-hydrogen) atoms. The van der Waals surface area contributed by atoms with Crippen molar-refractivity contribution in [2.75, 3.05) is 33.4 Å². The predicted octanol–water partition coefficient (Wildman–Crippen LogP) is 1.92. The number of hydrogen-bond donors (Lipinski definition) is 4. The van der Waals surface area contributed by atoms with Crippen LogP contribution in [0, 0.1) is 0 Å². The second kappa shape index (κ2) is 16.9. The summed E-state index contributed by atoms with van der Waals surface area (Å²) in [4.78, 5) is 68.8. The van der Waals surface area contributed by atoms with Crippen molar-refractivity contribution in [1.82, 2.24) is 26.2 Å². The molecule has 6 rings (SSSR count). The van der Waals surface area contributed by atoms with Crippen molar-refractivity contribution in [1.29, 1.82) is 0 Å². The largest absolute Gasteiger partial charge is 0.497 e. The highest BCUT2D eigenvalue weighted by Gasteiger charge is 2.45. The first kappa shape index (κ1) is 36.7. The molecule has 0 radical (unpaired) electrons. The number of fused-ring (bicyclic) bond motifs is 15. The molecule has 3 heterocycles. The number of piperidine rings is 1. The predicted molar refractivity (Wildman–Crippen MR) is 188 cm³/mol. The Labute approximate surface area is 297 Å². The molecule has 0 saturated carbocycles. The molecule has 2 bridgehead atoms. The molecule has 3 atom stereocenters. The molecule has 3 aliphatic rings. The summed E-state index contributed by atoms with van der Waals surface area (Å²) in [6.07, 6.45) is 0.678. The van der Waals surface area contributed by atoms with Crippen LogP contribution in [0.25, 0.3) is 0 Å². The molecular formula is C38H45N5O8. The van der Waals surface area contributed by atoms with E-state index in [1.807, 2.05) is 54.6 Å². The number of ether oxygens (including phenoxy) is 3. The summed E-state index contributed by atoms with van der Waals surface area (Å²) in [7, 11) is 1.57. The molecular weight excluding hydrogens is 654 g/mol. The molecule has 3 aromatic carbocycles. The lowest BCUT2D eigenvalue weighted by molar-refractivity contribution is -0.147. The molecule has 13 nitrogen and oxygen atoms in total. The molecule has 13 heteroatoms. The third-order valence-corrected chi connectivity index (χ3v) is 9.04. The molecule has 4 N–H and O–H groups in total. The zero-order valence-electron chi connectivity index (χ0n) is 29.1. The van der Waals surface area contributed by atoms with Crippen LogP contribution in [0.2, 0.25) is 0 Å². The zero-order chi connectivity index (χ0) is 36.4. The number of likely N-dealkylation sites (tertiary alicyclic amines) is 1. The van der Waals surface area contributed by atoms with Crippen molar-refractivity contribution < 1.29 is 38.2 Å². The number of nitrogens with zero attached hydrogens (tertiary/aromatic N) is 1. The Bertz CT molecular complexity index is 1690. The summed E-state index contributed by atoms with van der Waals surface area (Å²) < 4.78 is 17.5. The van der Waals surface area contributed by atoms with Gasteiger partial charge < -0.3 is 40.4 Å². The first-order valence-electron chi connectivity index (χ1n) is 17.1. The Morgan fingerprint density at radius 3 is 2.18 bits per heavy atom. The van der Waals surface area contributed by atoms with E-state index < -0.39 is 47.4 Å². The van der Waals surface area contributed by atoms with E-state index in [4.69, 9.17) is 14.2 Å². The Balaban J connectivity index is 1.36. The number of carbonyl (C=O) groups excluding carboxylic acids is 5. The van der Waals surface area contributed by atoms with Gasteiger partial charge in [0.25, 0.3) is 5.91 Å². The number of carbonyl (C=O) groups is 5. The van der Waals surface area contributed by atoms with E-state index >= 15 is 0 Å². The van der Waals surface area contributed by atoms with Gasteiger partial charge in [-0.25, -0.2) is 0 Å². The molecule has 1 fully saturated rings. The molecule has 270 valence electrons. The maximum absolute atomic E-state index is 14.1. The van der Waals surface area contributed by atoms with Gasteiger partial charge in [0.15, 0.2) is 5.60 Å². The number of methoxy groups -OCH3 is 1. The summed E-state index contributed by atoms with van der Waals surface area (Å²) >= 11 is 0. The Kier molecular flexibility index (Phi) is 12.1. The lowest BCUT2D eigenvalue weighted by Crippen LogP contribution is -2.61. The molecule has 0 unspecified atom stereocenters. The van der Waals surface area contributed by atoms with E-state index in [0.29, 0.717) is 17.2 Å². The first-order valence-corrected chi connectivity index (χ1v) is 17.1. The number of benzene rings is 3. The van der Waals surface area contributed by atoms with Gasteiger partial charge in [0, 0.05) is 32.4 Å². The average molecular weight is 700 g/mol. The highest BCUT2D eigenvalue weighted by atomic mass is 16.5. The molecule has 5 amide bonds. The lowest BCUT2D eigenvalue weighted by Gasteiger charge is -2.41. The standard InChI is InChI=1S/C38H45N5O8/c1-25-34(45)39-18-21-50-29-12-14-30(15-13-29)51-38(16-19-43(20-17-38)33(44)24-28-10-7-11-31(22-28)49-3)37(48)41-26(2)35(46)42-32(36(47)40-25)23-27-8-5-4-6-9-27/h4-15,22,25-26,32H,16-21,23-24H2,1-3H3,(H,39,45)(H,40,47)(H,41,48)(H,42,46)/t25-,26-,32-/m0/s1. The number of rotatable bonds is 5. The van der Waals surface area contributed by atoms with Crippen LogP contribution in [-0.4, -0.2) is 91.5 Å². The van der Waals surface area contributed by atoms with Crippen LogP contribution < -0.4 is 35.5 Å². The van der Waals surface area contributed by atoms with E-state index in [-0.39, 0.29) is 57.8 Å². The van der Waals surface area contributed by atoms with Crippen LogP contribution in [0.5, 0.6) is 17.2 Å². The molecule has 1 spiro atoms. The third-order valence-electron chi connectivity index (χ3n) is 9.04. The average Bonchev–Trinajstić information content (AvgIpc) is 3.13. The van der Waals surface area contributed by atoms with Crippen molar-refractivity contribution in [3.05, 3.63) is 90.0 Å². The molecule has 3 aromatic rings. The fraction of sp³-hybridized carbons (Fsp3) is 0.395. The van der Waals surface area contributed by atoms with Crippen molar-refractivity contribution >= 4 is 29.5 Å². The van der Waals surface area contributed by atoms with Crippen LogP contribution >= 0.6 is 0 Å². The Hall–Kier alpha value is -5.59. The lowest BCUT2D eigenvalue weighted by atomic mass is 9.89. The smallest absolute Gasteiger partial charge is 0.264 e.